The first-order valence-corrected chi connectivity index (χ1v) is 8.25. The van der Waals surface area contributed by atoms with Crippen LogP contribution in [0.5, 0.6) is 0 Å². The number of aromatic amines is 1. The summed E-state index contributed by atoms with van der Waals surface area (Å²) >= 11 is 1.60. The summed E-state index contributed by atoms with van der Waals surface area (Å²) in [7, 11) is 0. The lowest BCUT2D eigenvalue weighted by molar-refractivity contribution is -0.130. The Balaban J connectivity index is 1.57. The zero-order valence-corrected chi connectivity index (χ0v) is 13.0. The Morgan fingerprint density at radius 3 is 2.77 bits per heavy atom. The van der Waals surface area contributed by atoms with Gasteiger partial charge in [-0.25, -0.2) is 0 Å². The number of nitrogens with zero attached hydrogens (tertiary/aromatic N) is 3. The number of amides is 2. The molecule has 6 nitrogen and oxygen atoms in total. The van der Waals surface area contributed by atoms with Crippen molar-refractivity contribution in [3.63, 3.8) is 0 Å². The molecule has 22 heavy (non-hydrogen) atoms. The van der Waals surface area contributed by atoms with Gasteiger partial charge in [0, 0.05) is 32.4 Å². The Hall–Kier alpha value is -2.15. The van der Waals surface area contributed by atoms with E-state index >= 15 is 0 Å². The lowest BCUT2D eigenvalue weighted by Gasteiger charge is -2.21. The van der Waals surface area contributed by atoms with Gasteiger partial charge in [-0.05, 0) is 28.8 Å². The first kappa shape index (κ1) is 14.8. The average molecular weight is 318 g/mol. The van der Waals surface area contributed by atoms with E-state index in [1.165, 1.54) is 6.20 Å². The Kier molecular flexibility index (Phi) is 4.53. The van der Waals surface area contributed by atoms with Crippen molar-refractivity contribution in [3.05, 3.63) is 40.3 Å². The lowest BCUT2D eigenvalue weighted by Crippen LogP contribution is -2.37. The monoisotopic (exact) mass is 318 g/mol. The molecule has 3 heterocycles. The topological polar surface area (TPSA) is 69.3 Å². The molecule has 2 amide bonds. The van der Waals surface area contributed by atoms with Gasteiger partial charge in [-0.3, -0.25) is 14.7 Å². The van der Waals surface area contributed by atoms with Crippen molar-refractivity contribution < 1.29 is 9.59 Å². The zero-order valence-electron chi connectivity index (χ0n) is 12.2. The predicted octanol–water partition coefficient (Wildman–Crippen LogP) is 1.39. The van der Waals surface area contributed by atoms with E-state index in [9.17, 15) is 9.59 Å². The van der Waals surface area contributed by atoms with Crippen molar-refractivity contribution in [1.29, 1.82) is 0 Å². The van der Waals surface area contributed by atoms with Crippen LogP contribution in [0, 0.1) is 0 Å². The van der Waals surface area contributed by atoms with Gasteiger partial charge in [0.25, 0.3) is 5.91 Å². The van der Waals surface area contributed by atoms with Crippen LogP contribution in [-0.2, 0) is 11.2 Å². The summed E-state index contributed by atoms with van der Waals surface area (Å²) in [6, 6.07) is 1.98. The number of carbonyl (C=O) groups is 2. The van der Waals surface area contributed by atoms with E-state index in [0.717, 1.165) is 12.0 Å². The molecule has 0 unspecified atom stereocenters. The third-order valence-corrected chi connectivity index (χ3v) is 4.55. The van der Waals surface area contributed by atoms with Gasteiger partial charge in [-0.15, -0.1) is 0 Å². The highest BCUT2D eigenvalue weighted by Gasteiger charge is 2.23. The molecule has 2 aromatic rings. The second-order valence-corrected chi connectivity index (χ2v) is 6.10. The van der Waals surface area contributed by atoms with Crippen molar-refractivity contribution in [2.75, 3.05) is 26.2 Å². The molecule has 0 bridgehead atoms. The van der Waals surface area contributed by atoms with E-state index in [1.807, 2.05) is 21.7 Å². The summed E-state index contributed by atoms with van der Waals surface area (Å²) in [6.45, 7) is 2.54. The minimum atomic E-state index is -0.0270. The van der Waals surface area contributed by atoms with E-state index in [1.54, 1.807) is 22.4 Å². The van der Waals surface area contributed by atoms with Crippen LogP contribution < -0.4 is 0 Å². The molecule has 2 aromatic heterocycles. The quantitative estimate of drug-likeness (QED) is 0.930. The Bertz CT molecular complexity index is 624. The molecule has 1 N–H and O–H groups in total. The third-order valence-electron chi connectivity index (χ3n) is 3.82. The van der Waals surface area contributed by atoms with Crippen LogP contribution in [-0.4, -0.2) is 58.0 Å². The highest BCUT2D eigenvalue weighted by molar-refractivity contribution is 7.07. The molecule has 0 radical (unpaired) electrons. The van der Waals surface area contributed by atoms with E-state index in [0.29, 0.717) is 38.2 Å². The minimum Gasteiger partial charge on any atom is -0.341 e. The number of H-pyrrole nitrogens is 1. The molecule has 1 aliphatic rings. The van der Waals surface area contributed by atoms with Crippen LogP contribution in [0.3, 0.4) is 0 Å². The Morgan fingerprint density at radius 2 is 2.05 bits per heavy atom. The van der Waals surface area contributed by atoms with Gasteiger partial charge in [-0.2, -0.15) is 16.4 Å². The maximum absolute atomic E-state index is 12.3. The van der Waals surface area contributed by atoms with Gasteiger partial charge >= 0.3 is 0 Å². The fourth-order valence-electron chi connectivity index (χ4n) is 2.60. The minimum absolute atomic E-state index is 0.0270. The normalized spacial score (nSPS) is 15.6. The van der Waals surface area contributed by atoms with Gasteiger partial charge < -0.3 is 9.80 Å². The fraction of sp³-hybridized carbons (Fsp3) is 0.400. The van der Waals surface area contributed by atoms with Gasteiger partial charge in [0.15, 0.2) is 0 Å². The van der Waals surface area contributed by atoms with Crippen molar-refractivity contribution in [2.45, 2.75) is 12.8 Å². The summed E-state index contributed by atoms with van der Waals surface area (Å²) in [5.41, 5.74) is 1.63. The smallest absolute Gasteiger partial charge is 0.257 e. The molecule has 1 saturated heterocycles. The van der Waals surface area contributed by atoms with E-state index < -0.39 is 0 Å². The van der Waals surface area contributed by atoms with Crippen LogP contribution >= 0.6 is 11.3 Å². The van der Waals surface area contributed by atoms with Crippen molar-refractivity contribution in [1.82, 2.24) is 20.0 Å². The summed E-state index contributed by atoms with van der Waals surface area (Å²) in [5.74, 6) is 0.108. The number of nitrogens with one attached hydrogen (secondary N) is 1. The van der Waals surface area contributed by atoms with Crippen molar-refractivity contribution in [2.24, 2.45) is 0 Å². The molecule has 0 aliphatic carbocycles. The second-order valence-electron chi connectivity index (χ2n) is 5.32. The van der Waals surface area contributed by atoms with Crippen LogP contribution in [0.2, 0.25) is 0 Å². The zero-order chi connectivity index (χ0) is 15.4. The van der Waals surface area contributed by atoms with E-state index in [2.05, 4.69) is 10.2 Å². The van der Waals surface area contributed by atoms with Crippen LogP contribution in [0.4, 0.5) is 0 Å². The van der Waals surface area contributed by atoms with Crippen molar-refractivity contribution >= 4 is 23.2 Å². The summed E-state index contributed by atoms with van der Waals surface area (Å²) in [6.07, 6.45) is 4.39. The molecule has 0 saturated carbocycles. The summed E-state index contributed by atoms with van der Waals surface area (Å²) in [5, 5.41) is 10.5. The molecule has 0 aromatic carbocycles. The predicted molar refractivity (Wildman–Crippen MR) is 83.7 cm³/mol. The number of carbonyl (C=O) groups excluding carboxylic acids is 2. The molecule has 0 spiro atoms. The molecular formula is C15H18N4O2S. The second kappa shape index (κ2) is 6.74. The van der Waals surface area contributed by atoms with Gasteiger partial charge in [0.1, 0.15) is 0 Å². The van der Waals surface area contributed by atoms with Gasteiger partial charge in [0.2, 0.25) is 5.91 Å². The fourth-order valence-corrected chi connectivity index (χ4v) is 3.27. The first-order valence-electron chi connectivity index (χ1n) is 7.31. The van der Waals surface area contributed by atoms with E-state index in [4.69, 9.17) is 0 Å². The Morgan fingerprint density at radius 1 is 1.23 bits per heavy atom. The van der Waals surface area contributed by atoms with Crippen molar-refractivity contribution in [3.8, 4) is 0 Å². The maximum Gasteiger partial charge on any atom is 0.257 e. The van der Waals surface area contributed by atoms with Gasteiger partial charge in [0.05, 0.1) is 18.2 Å². The molecular weight excluding hydrogens is 300 g/mol. The molecule has 7 heteroatoms. The molecule has 3 rings (SSSR count). The summed E-state index contributed by atoms with van der Waals surface area (Å²) in [4.78, 5) is 28.3. The lowest BCUT2D eigenvalue weighted by atomic mass is 10.2. The SMILES string of the molecule is O=C(Cc1ccsc1)N1CCCN(C(=O)c2cn[nH]c2)CC1. The molecule has 1 aliphatic heterocycles. The number of rotatable bonds is 3. The molecule has 1 fully saturated rings. The maximum atomic E-state index is 12.3. The molecule has 116 valence electrons. The van der Waals surface area contributed by atoms with E-state index in [-0.39, 0.29) is 11.8 Å². The standard InChI is InChI=1S/C15H18N4O2S/c20-14(8-12-2-7-22-11-12)18-3-1-4-19(6-5-18)15(21)13-9-16-17-10-13/h2,7,9-11H,1,3-6,8H2,(H,16,17). The first-order chi connectivity index (χ1) is 10.7. The third kappa shape index (κ3) is 3.36. The van der Waals surface area contributed by atoms with Crippen LogP contribution in [0.25, 0.3) is 0 Å². The number of aromatic nitrogens is 2. The Labute approximate surface area is 132 Å². The summed E-state index contributed by atoms with van der Waals surface area (Å²) < 4.78 is 0. The average Bonchev–Trinajstić information content (AvgIpc) is 3.16. The highest BCUT2D eigenvalue weighted by Crippen LogP contribution is 2.12. The number of hydrogen-bond donors (Lipinski definition) is 1. The van der Waals surface area contributed by atoms with Gasteiger partial charge in [-0.1, -0.05) is 0 Å². The number of thiophene rings is 1. The van der Waals surface area contributed by atoms with Crippen LogP contribution in [0.1, 0.15) is 22.3 Å². The number of hydrogen-bond acceptors (Lipinski definition) is 4. The molecule has 0 atom stereocenters. The largest absolute Gasteiger partial charge is 0.341 e. The highest BCUT2D eigenvalue weighted by atomic mass is 32.1. The van der Waals surface area contributed by atoms with Crippen LogP contribution in [0.15, 0.2) is 29.2 Å².